The molecule has 0 atom stereocenters. The van der Waals surface area contributed by atoms with E-state index in [1.165, 1.54) is 40.5 Å². The number of nitrogens with one attached hydrogen (secondary N) is 3. The Bertz CT molecular complexity index is 1950. The first kappa shape index (κ1) is 32.9. The van der Waals surface area contributed by atoms with Gasteiger partial charge in [-0.25, -0.2) is 19.8 Å². The monoisotopic (exact) mass is 705 g/mol. The van der Waals surface area contributed by atoms with Gasteiger partial charge in [0.1, 0.15) is 11.6 Å². The number of aromatic nitrogens is 3. The van der Waals surface area contributed by atoms with Gasteiger partial charge in [0.2, 0.25) is 5.91 Å². The topological polar surface area (TPSA) is 156 Å². The number of nitrogens with zero attached hydrogens (tertiary/aromatic N) is 6. The first-order valence-electron chi connectivity index (χ1n) is 15.7. The lowest BCUT2D eigenvalue weighted by Crippen LogP contribution is -2.56. The van der Waals surface area contributed by atoms with Gasteiger partial charge in [-0.05, 0) is 53.6 Å². The Hall–Kier alpha value is -5.61. The van der Waals surface area contributed by atoms with Crippen molar-refractivity contribution in [2.45, 2.75) is 25.1 Å². The fourth-order valence-corrected chi connectivity index (χ4v) is 6.28. The number of anilines is 2. The second-order valence-electron chi connectivity index (χ2n) is 11.9. The molecule has 17 heteroatoms. The number of urea groups is 1. The molecule has 0 saturated carbocycles. The maximum atomic E-state index is 13.1. The molecule has 0 spiro atoms. The fraction of sp³-hybridized carbons (Fsp3) is 0.273. The maximum absolute atomic E-state index is 13.1. The van der Waals surface area contributed by atoms with Crippen LogP contribution < -0.4 is 20.3 Å². The predicted molar refractivity (Wildman–Crippen MR) is 176 cm³/mol. The van der Waals surface area contributed by atoms with Gasteiger partial charge in [-0.2, -0.15) is 5.10 Å². The summed E-state index contributed by atoms with van der Waals surface area (Å²) in [5.41, 5.74) is 0.587. The number of rotatable bonds is 9. The van der Waals surface area contributed by atoms with Gasteiger partial charge < -0.3 is 15.0 Å². The molecule has 4 aromatic rings. The number of H-pyrrole nitrogens is 1. The van der Waals surface area contributed by atoms with E-state index in [9.17, 15) is 28.0 Å². The highest BCUT2D eigenvalue weighted by molar-refractivity contribution is 6.20. The highest BCUT2D eigenvalue weighted by Crippen LogP contribution is 2.31. The Kier molecular flexibility index (Phi) is 8.80. The number of amides is 5. The van der Waals surface area contributed by atoms with Crippen molar-refractivity contribution in [3.63, 3.8) is 0 Å². The van der Waals surface area contributed by atoms with Crippen molar-refractivity contribution in [1.82, 2.24) is 35.4 Å². The Morgan fingerprint density at radius 2 is 1.74 bits per heavy atom. The number of alkyl halides is 3. The second kappa shape index (κ2) is 13.4. The number of halogens is 3. The van der Waals surface area contributed by atoms with Crippen LogP contribution in [-0.4, -0.2) is 92.1 Å². The Morgan fingerprint density at radius 1 is 0.960 bits per heavy atom. The first-order valence-corrected chi connectivity index (χ1v) is 16.1. The molecule has 14 nitrogen and oxygen atoms in total. The lowest BCUT2D eigenvalue weighted by Gasteiger charge is -2.36. The number of pyridine rings is 1. The summed E-state index contributed by atoms with van der Waals surface area (Å²) < 4.78 is 30.2. The molecule has 2 aromatic heterocycles. The average Bonchev–Trinajstić information content (AvgIpc) is 3.74. The number of benzene rings is 2. The van der Waals surface area contributed by atoms with Gasteiger partial charge in [0.05, 0.1) is 24.3 Å². The van der Waals surface area contributed by atoms with Crippen LogP contribution in [0, 0.1) is 0 Å². The van der Waals surface area contributed by atoms with Gasteiger partial charge in [0.25, 0.3) is 11.8 Å². The van der Waals surface area contributed by atoms with Crippen LogP contribution >= 0.6 is 11.6 Å². The van der Waals surface area contributed by atoms with Crippen molar-refractivity contribution in [2.75, 3.05) is 42.9 Å². The number of carbonyl (C=O) groups is 4. The van der Waals surface area contributed by atoms with E-state index in [2.05, 4.69) is 40.4 Å². The third-order valence-electron chi connectivity index (χ3n) is 8.62. The zero-order valence-corrected chi connectivity index (χ0v) is 27.1. The number of imide groups is 1. The van der Waals surface area contributed by atoms with Crippen molar-refractivity contribution in [3.05, 3.63) is 89.2 Å². The average molecular weight is 706 g/mol. The molecule has 50 heavy (non-hydrogen) atoms. The highest BCUT2D eigenvalue weighted by Gasteiger charge is 2.37. The van der Waals surface area contributed by atoms with Crippen LogP contribution in [0.4, 0.5) is 25.1 Å². The maximum Gasteiger partial charge on any atom is 0.487 e. The molecule has 0 radical (unpaired) electrons. The molecule has 5 amide bonds. The number of hydrogen-bond donors (Lipinski definition) is 3. The SMILES string of the molecule is O=C1CCN(N2Cc3cc(CN4CCN(c5ncc(C(=O)Nc6ccc(OC(F)(F)Cl)cc6)cc5-c5ccn[nH]5)CC4)ccc3C2=O)C(=O)N1. The van der Waals surface area contributed by atoms with Gasteiger partial charge in [0, 0.05) is 80.0 Å². The number of ether oxygens (including phenoxy) is 1. The van der Waals surface area contributed by atoms with E-state index in [1.807, 2.05) is 12.1 Å². The summed E-state index contributed by atoms with van der Waals surface area (Å²) in [4.78, 5) is 59.2. The fourth-order valence-electron chi connectivity index (χ4n) is 6.19. The van der Waals surface area contributed by atoms with Crippen molar-refractivity contribution >= 4 is 46.9 Å². The minimum Gasteiger partial charge on any atom is -0.420 e. The molecule has 258 valence electrons. The van der Waals surface area contributed by atoms with Gasteiger partial charge in [-0.15, -0.1) is 8.78 Å². The van der Waals surface area contributed by atoms with Crippen LogP contribution in [0.5, 0.6) is 5.75 Å². The Labute approximate surface area is 288 Å². The summed E-state index contributed by atoms with van der Waals surface area (Å²) in [5, 5.41) is 14.7. The number of hydrazine groups is 1. The molecule has 3 N–H and O–H groups in total. The zero-order valence-electron chi connectivity index (χ0n) is 26.4. The lowest BCUT2D eigenvalue weighted by molar-refractivity contribution is -0.123. The molecule has 2 aromatic carbocycles. The molecule has 2 saturated heterocycles. The van der Waals surface area contributed by atoms with Crippen LogP contribution in [0.25, 0.3) is 11.3 Å². The molecule has 3 aliphatic rings. The molecule has 0 unspecified atom stereocenters. The van der Waals surface area contributed by atoms with Crippen molar-refractivity contribution < 1.29 is 32.7 Å². The zero-order chi connectivity index (χ0) is 35.0. The second-order valence-corrected chi connectivity index (χ2v) is 12.4. The van der Waals surface area contributed by atoms with Gasteiger partial charge in [0.15, 0.2) is 0 Å². The van der Waals surface area contributed by atoms with E-state index in [0.717, 1.165) is 24.2 Å². The van der Waals surface area contributed by atoms with Crippen molar-refractivity contribution in [2.24, 2.45) is 0 Å². The number of fused-ring (bicyclic) bond motifs is 1. The third kappa shape index (κ3) is 7.06. The van der Waals surface area contributed by atoms with E-state index in [-0.39, 0.29) is 42.6 Å². The third-order valence-corrected chi connectivity index (χ3v) is 8.70. The molecule has 0 bridgehead atoms. The Balaban J connectivity index is 0.993. The number of carbonyl (C=O) groups excluding carboxylic acids is 4. The van der Waals surface area contributed by atoms with Crippen LogP contribution in [0.1, 0.15) is 38.3 Å². The first-order chi connectivity index (χ1) is 24.0. The summed E-state index contributed by atoms with van der Waals surface area (Å²) in [6.45, 7) is 3.85. The minimum absolute atomic E-state index is 0.137. The summed E-state index contributed by atoms with van der Waals surface area (Å²) in [6.07, 6.45) is 3.24. The Morgan fingerprint density at radius 3 is 2.44 bits per heavy atom. The van der Waals surface area contributed by atoms with Gasteiger partial charge in [-0.1, -0.05) is 12.1 Å². The summed E-state index contributed by atoms with van der Waals surface area (Å²) >= 11 is 4.82. The summed E-state index contributed by atoms with van der Waals surface area (Å²) in [5.74, 6) is -0.537. The minimum atomic E-state index is -3.84. The molecule has 7 rings (SSSR count). The number of aromatic amines is 1. The predicted octanol–water partition coefficient (Wildman–Crippen LogP) is 4.03. The smallest absolute Gasteiger partial charge is 0.420 e. The normalized spacial score (nSPS) is 16.8. The van der Waals surface area contributed by atoms with Crippen molar-refractivity contribution in [1.29, 1.82) is 0 Å². The highest BCUT2D eigenvalue weighted by atomic mass is 35.5. The van der Waals surface area contributed by atoms with E-state index >= 15 is 0 Å². The molecule has 5 heterocycles. The van der Waals surface area contributed by atoms with Gasteiger partial charge in [-0.3, -0.25) is 29.7 Å². The molecular formula is C33H30ClF2N9O5. The molecule has 3 aliphatic heterocycles. The lowest BCUT2D eigenvalue weighted by atomic mass is 10.1. The van der Waals surface area contributed by atoms with E-state index < -0.39 is 17.5 Å². The van der Waals surface area contributed by atoms with E-state index in [1.54, 1.807) is 24.4 Å². The van der Waals surface area contributed by atoms with E-state index in [4.69, 9.17) is 11.6 Å². The summed E-state index contributed by atoms with van der Waals surface area (Å²) in [7, 11) is 0. The largest absolute Gasteiger partial charge is 0.487 e. The van der Waals surface area contributed by atoms with Gasteiger partial charge >= 0.3 is 11.6 Å². The summed E-state index contributed by atoms with van der Waals surface area (Å²) in [6, 6.07) is 14.0. The van der Waals surface area contributed by atoms with Crippen LogP contribution in [-0.2, 0) is 17.9 Å². The van der Waals surface area contributed by atoms with Crippen LogP contribution in [0.15, 0.2) is 67.0 Å². The van der Waals surface area contributed by atoms with Crippen LogP contribution in [0.3, 0.4) is 0 Å². The quantitative estimate of drug-likeness (QED) is 0.219. The number of hydrogen-bond acceptors (Lipinski definition) is 9. The van der Waals surface area contributed by atoms with E-state index in [0.29, 0.717) is 48.0 Å². The molecule has 0 aliphatic carbocycles. The molecule has 2 fully saturated rings. The van der Waals surface area contributed by atoms with Crippen LogP contribution in [0.2, 0.25) is 0 Å². The van der Waals surface area contributed by atoms with Crippen molar-refractivity contribution in [3.8, 4) is 17.0 Å². The number of piperazine rings is 1. The molecular weight excluding hydrogens is 676 g/mol. The standard InChI is InChI=1S/C33H30ClF2N9O5/c34-33(35,36)50-24-4-2-23(3-5-24)39-30(47)21-16-26(27-7-9-38-41-27)29(37-17-21)43-13-11-42(12-14-43)18-20-1-6-25-22(15-20)19-45(31(25)48)44-10-8-28(46)40-32(44)49/h1-7,9,15-17H,8,10-14,18-19H2,(H,38,41)(H,39,47)(H,40,46,49).